The summed E-state index contributed by atoms with van der Waals surface area (Å²) >= 11 is 13.1. The summed E-state index contributed by atoms with van der Waals surface area (Å²) in [4.78, 5) is 0. The van der Waals surface area contributed by atoms with Crippen LogP contribution in [0.2, 0.25) is 5.02 Å². The van der Waals surface area contributed by atoms with Crippen molar-refractivity contribution in [3.63, 3.8) is 0 Å². The Hall–Kier alpha value is -0.810. The van der Waals surface area contributed by atoms with E-state index in [9.17, 15) is 0 Å². The highest BCUT2D eigenvalue weighted by molar-refractivity contribution is 9.11. The molecule has 0 aliphatic carbocycles. The second-order valence-electron chi connectivity index (χ2n) is 4.45. The standard InChI is InChI=1S/C15H10Br2ClNO/c16-9-4-5-10(12(18)7-9)14(19)13-6-8-2-1-3-11(17)15(8)20-13/h1-7,14H,19H2. The third kappa shape index (κ3) is 2.53. The largest absolute Gasteiger partial charge is 0.458 e. The first-order valence-electron chi connectivity index (χ1n) is 5.95. The van der Waals surface area contributed by atoms with Gasteiger partial charge in [0.25, 0.3) is 0 Å². The van der Waals surface area contributed by atoms with Gasteiger partial charge in [-0.3, -0.25) is 0 Å². The molecule has 1 atom stereocenters. The van der Waals surface area contributed by atoms with Crippen LogP contribution in [-0.4, -0.2) is 0 Å². The lowest BCUT2D eigenvalue weighted by Crippen LogP contribution is -2.11. The van der Waals surface area contributed by atoms with Crippen molar-refractivity contribution in [1.82, 2.24) is 0 Å². The van der Waals surface area contributed by atoms with Crippen LogP contribution in [0.1, 0.15) is 17.4 Å². The van der Waals surface area contributed by atoms with Gasteiger partial charge in [0.15, 0.2) is 0 Å². The molecule has 102 valence electrons. The lowest BCUT2D eigenvalue weighted by Gasteiger charge is -2.11. The predicted molar refractivity (Wildman–Crippen MR) is 89.1 cm³/mol. The quantitative estimate of drug-likeness (QED) is 0.587. The average molecular weight is 416 g/mol. The Morgan fingerprint density at radius 1 is 1.10 bits per heavy atom. The fourth-order valence-corrected chi connectivity index (χ4v) is 3.36. The van der Waals surface area contributed by atoms with Gasteiger partial charge in [-0.15, -0.1) is 0 Å². The zero-order valence-electron chi connectivity index (χ0n) is 10.2. The molecule has 2 nitrogen and oxygen atoms in total. The highest BCUT2D eigenvalue weighted by Crippen LogP contribution is 2.34. The summed E-state index contributed by atoms with van der Waals surface area (Å²) in [7, 11) is 0. The van der Waals surface area contributed by atoms with Gasteiger partial charge in [-0.2, -0.15) is 0 Å². The molecular formula is C15H10Br2ClNO. The van der Waals surface area contributed by atoms with Crippen LogP contribution in [0.15, 0.2) is 55.8 Å². The molecule has 1 heterocycles. The van der Waals surface area contributed by atoms with E-state index in [0.29, 0.717) is 10.8 Å². The van der Waals surface area contributed by atoms with Crippen LogP contribution < -0.4 is 5.73 Å². The third-order valence-corrected chi connectivity index (χ3v) is 4.56. The van der Waals surface area contributed by atoms with Crippen molar-refractivity contribution in [2.45, 2.75) is 6.04 Å². The maximum atomic E-state index is 6.27. The van der Waals surface area contributed by atoms with E-state index in [0.717, 1.165) is 25.5 Å². The highest BCUT2D eigenvalue weighted by Gasteiger charge is 2.17. The molecule has 5 heteroatoms. The molecule has 20 heavy (non-hydrogen) atoms. The van der Waals surface area contributed by atoms with Gasteiger partial charge >= 0.3 is 0 Å². The van der Waals surface area contributed by atoms with E-state index in [-0.39, 0.29) is 0 Å². The van der Waals surface area contributed by atoms with Gasteiger partial charge < -0.3 is 10.2 Å². The molecule has 0 radical (unpaired) electrons. The zero-order chi connectivity index (χ0) is 14.3. The van der Waals surface area contributed by atoms with Crippen LogP contribution in [0.25, 0.3) is 11.0 Å². The summed E-state index contributed by atoms with van der Waals surface area (Å²) in [5.74, 6) is 0.691. The molecule has 0 aliphatic heterocycles. The number of furan rings is 1. The molecule has 3 aromatic rings. The lowest BCUT2D eigenvalue weighted by molar-refractivity contribution is 0.524. The SMILES string of the molecule is NC(c1cc2cccc(Br)c2o1)c1ccc(Br)cc1Cl. The van der Waals surface area contributed by atoms with Crippen LogP contribution in [-0.2, 0) is 0 Å². The van der Waals surface area contributed by atoms with Crippen molar-refractivity contribution in [3.8, 4) is 0 Å². The Bertz CT molecular complexity index is 785. The van der Waals surface area contributed by atoms with Gasteiger partial charge in [0, 0.05) is 14.9 Å². The lowest BCUT2D eigenvalue weighted by atomic mass is 10.1. The summed E-state index contributed by atoms with van der Waals surface area (Å²) in [5, 5.41) is 1.63. The van der Waals surface area contributed by atoms with Crippen LogP contribution in [0, 0.1) is 0 Å². The summed E-state index contributed by atoms with van der Waals surface area (Å²) < 4.78 is 7.69. The minimum Gasteiger partial charge on any atom is -0.458 e. The summed E-state index contributed by atoms with van der Waals surface area (Å²) in [5.41, 5.74) is 7.91. The molecule has 0 amide bonds. The van der Waals surface area contributed by atoms with E-state index < -0.39 is 6.04 Å². The molecule has 1 unspecified atom stereocenters. The van der Waals surface area contributed by atoms with E-state index in [2.05, 4.69) is 31.9 Å². The second-order valence-corrected chi connectivity index (χ2v) is 6.63. The molecule has 0 fully saturated rings. The number of benzene rings is 2. The number of fused-ring (bicyclic) bond motifs is 1. The van der Waals surface area contributed by atoms with Crippen molar-refractivity contribution in [2.24, 2.45) is 5.73 Å². The van der Waals surface area contributed by atoms with E-state index in [1.165, 1.54) is 0 Å². The average Bonchev–Trinajstić information content (AvgIpc) is 2.83. The Kier molecular flexibility index (Phi) is 3.91. The van der Waals surface area contributed by atoms with Crippen LogP contribution >= 0.6 is 43.5 Å². The van der Waals surface area contributed by atoms with Crippen molar-refractivity contribution < 1.29 is 4.42 Å². The number of hydrogen-bond acceptors (Lipinski definition) is 2. The second kappa shape index (κ2) is 5.53. The molecule has 0 spiro atoms. The molecule has 0 saturated carbocycles. The van der Waals surface area contributed by atoms with Gasteiger partial charge in [0.1, 0.15) is 11.3 Å². The molecule has 3 rings (SSSR count). The fourth-order valence-electron chi connectivity index (χ4n) is 2.11. The Balaban J connectivity index is 2.08. The highest BCUT2D eigenvalue weighted by atomic mass is 79.9. The number of para-hydroxylation sites is 1. The van der Waals surface area contributed by atoms with E-state index in [1.807, 2.05) is 42.5 Å². The van der Waals surface area contributed by atoms with E-state index in [1.54, 1.807) is 0 Å². The first-order chi connectivity index (χ1) is 9.56. The Morgan fingerprint density at radius 2 is 1.90 bits per heavy atom. The van der Waals surface area contributed by atoms with Gasteiger partial charge in [-0.25, -0.2) is 0 Å². The Morgan fingerprint density at radius 3 is 2.60 bits per heavy atom. The molecule has 1 aromatic heterocycles. The summed E-state index contributed by atoms with van der Waals surface area (Å²) in [6, 6.07) is 13.1. The van der Waals surface area contributed by atoms with Gasteiger partial charge in [-0.1, -0.05) is 45.7 Å². The molecule has 2 N–H and O–H groups in total. The molecule has 0 bridgehead atoms. The summed E-state index contributed by atoms with van der Waals surface area (Å²) in [6.07, 6.45) is 0. The number of halogens is 3. The first-order valence-corrected chi connectivity index (χ1v) is 7.91. The minimum atomic E-state index is -0.394. The van der Waals surface area contributed by atoms with Crippen molar-refractivity contribution in [1.29, 1.82) is 0 Å². The van der Waals surface area contributed by atoms with Gasteiger partial charge in [0.2, 0.25) is 0 Å². The monoisotopic (exact) mass is 413 g/mol. The van der Waals surface area contributed by atoms with Crippen LogP contribution in [0.5, 0.6) is 0 Å². The van der Waals surface area contributed by atoms with E-state index in [4.69, 9.17) is 21.8 Å². The summed E-state index contributed by atoms with van der Waals surface area (Å²) in [6.45, 7) is 0. The Labute approximate surface area is 138 Å². The molecule has 2 aromatic carbocycles. The van der Waals surface area contributed by atoms with Crippen LogP contribution in [0.4, 0.5) is 0 Å². The van der Waals surface area contributed by atoms with Crippen molar-refractivity contribution >= 4 is 54.4 Å². The van der Waals surface area contributed by atoms with Crippen LogP contribution in [0.3, 0.4) is 0 Å². The van der Waals surface area contributed by atoms with Gasteiger partial charge in [-0.05, 0) is 45.8 Å². The topological polar surface area (TPSA) is 39.2 Å². The fraction of sp³-hybridized carbons (Fsp3) is 0.0667. The first kappa shape index (κ1) is 14.1. The number of rotatable bonds is 2. The maximum Gasteiger partial charge on any atom is 0.148 e. The van der Waals surface area contributed by atoms with Crippen molar-refractivity contribution in [2.75, 3.05) is 0 Å². The number of nitrogens with two attached hydrogens (primary N) is 1. The normalized spacial score (nSPS) is 12.8. The zero-order valence-corrected chi connectivity index (χ0v) is 14.2. The smallest absolute Gasteiger partial charge is 0.148 e. The van der Waals surface area contributed by atoms with Gasteiger partial charge in [0.05, 0.1) is 10.5 Å². The molecular weight excluding hydrogens is 405 g/mol. The molecule has 0 aliphatic rings. The van der Waals surface area contributed by atoms with E-state index >= 15 is 0 Å². The minimum absolute atomic E-state index is 0.394. The maximum absolute atomic E-state index is 6.27. The predicted octanol–water partition coefficient (Wildman–Crippen LogP) is 5.66. The third-order valence-electron chi connectivity index (χ3n) is 3.12. The number of hydrogen-bond donors (Lipinski definition) is 1. The van der Waals surface area contributed by atoms with Crippen molar-refractivity contribution in [3.05, 3.63) is 67.8 Å². The molecule has 0 saturated heterocycles.